The first-order valence-electron chi connectivity index (χ1n) is 6.05. The van der Waals surface area contributed by atoms with E-state index in [-0.39, 0.29) is 5.91 Å². The second-order valence-electron chi connectivity index (χ2n) is 4.09. The summed E-state index contributed by atoms with van der Waals surface area (Å²) in [5, 5.41) is 2.84. The van der Waals surface area contributed by atoms with Crippen molar-refractivity contribution in [3.63, 3.8) is 0 Å². The number of fused-ring (bicyclic) bond motifs is 1. The molecule has 18 heavy (non-hydrogen) atoms. The van der Waals surface area contributed by atoms with E-state index in [0.29, 0.717) is 12.4 Å². The highest BCUT2D eigenvalue weighted by molar-refractivity contribution is 8.00. The fraction of sp³-hybridized carbons (Fsp3) is 0.462. The monoisotopic (exact) mass is 285 g/mol. The molecule has 1 aromatic rings. The van der Waals surface area contributed by atoms with E-state index in [2.05, 4.69) is 5.32 Å². The minimum Gasteiger partial charge on any atom is -0.494 e. The van der Waals surface area contributed by atoms with Crippen LogP contribution in [0.4, 0.5) is 5.69 Å². The van der Waals surface area contributed by atoms with E-state index < -0.39 is 0 Å². The zero-order chi connectivity index (χ0) is 12.8. The fourth-order valence-electron chi connectivity index (χ4n) is 1.71. The molecule has 0 saturated carbocycles. The molecule has 1 heterocycles. The molecule has 0 atom stereocenters. The molecule has 2 rings (SSSR count). The lowest BCUT2D eigenvalue weighted by molar-refractivity contribution is -0.113. The summed E-state index contributed by atoms with van der Waals surface area (Å²) in [6.07, 6.45) is 3.16. The molecule has 0 fully saturated rings. The third-order valence-corrected chi connectivity index (χ3v) is 3.96. The lowest BCUT2D eigenvalue weighted by atomic mass is 10.2. The number of nitrogens with one attached hydrogen (secondary N) is 1. The van der Waals surface area contributed by atoms with Gasteiger partial charge in [0.25, 0.3) is 0 Å². The van der Waals surface area contributed by atoms with Crippen LogP contribution in [0.1, 0.15) is 19.3 Å². The maximum Gasteiger partial charge on any atom is 0.234 e. The third kappa shape index (κ3) is 3.82. The maximum atomic E-state index is 11.2. The first kappa shape index (κ1) is 13.6. The van der Waals surface area contributed by atoms with Crippen LogP contribution in [0.15, 0.2) is 23.1 Å². The smallest absolute Gasteiger partial charge is 0.234 e. The zero-order valence-corrected chi connectivity index (χ0v) is 11.6. The molecule has 0 saturated heterocycles. The molecule has 0 radical (unpaired) electrons. The Labute approximate surface area is 116 Å². The first-order chi connectivity index (χ1) is 8.79. The quantitative estimate of drug-likeness (QED) is 0.642. The standard InChI is InChI=1S/C13H16ClNO2S/c14-6-2-1-3-7-17-10-4-5-11-12(8-10)18-9-13(16)15-11/h4-5,8H,1-3,6-7,9H2,(H,15,16). The summed E-state index contributed by atoms with van der Waals surface area (Å²) < 4.78 is 5.68. The van der Waals surface area contributed by atoms with Gasteiger partial charge >= 0.3 is 0 Å². The van der Waals surface area contributed by atoms with Crippen LogP contribution in [0.3, 0.4) is 0 Å². The van der Waals surface area contributed by atoms with Crippen LogP contribution >= 0.6 is 23.4 Å². The third-order valence-electron chi connectivity index (χ3n) is 2.63. The second-order valence-corrected chi connectivity index (χ2v) is 5.49. The van der Waals surface area contributed by atoms with Crippen molar-refractivity contribution in [2.24, 2.45) is 0 Å². The molecule has 0 bridgehead atoms. The molecule has 0 spiro atoms. The van der Waals surface area contributed by atoms with Crippen LogP contribution in [0.2, 0.25) is 0 Å². The van der Waals surface area contributed by atoms with E-state index >= 15 is 0 Å². The van der Waals surface area contributed by atoms with Crippen LogP contribution in [-0.2, 0) is 4.79 Å². The van der Waals surface area contributed by atoms with Gasteiger partial charge in [0.1, 0.15) is 5.75 Å². The highest BCUT2D eigenvalue weighted by atomic mass is 35.5. The van der Waals surface area contributed by atoms with Crippen molar-refractivity contribution in [3.05, 3.63) is 18.2 Å². The van der Waals surface area contributed by atoms with E-state index in [1.165, 1.54) is 0 Å². The normalized spacial score (nSPS) is 13.9. The molecule has 1 aliphatic heterocycles. The van der Waals surface area contributed by atoms with Crippen LogP contribution in [-0.4, -0.2) is 24.1 Å². The number of anilines is 1. The van der Waals surface area contributed by atoms with Gasteiger partial charge in [0.15, 0.2) is 0 Å². The number of rotatable bonds is 6. The Morgan fingerprint density at radius 3 is 3.06 bits per heavy atom. The van der Waals surface area contributed by atoms with Gasteiger partial charge in [-0.05, 0) is 37.5 Å². The van der Waals surface area contributed by atoms with Crippen molar-refractivity contribution in [2.45, 2.75) is 24.2 Å². The van der Waals surface area contributed by atoms with Crippen molar-refractivity contribution in [2.75, 3.05) is 23.6 Å². The Balaban J connectivity index is 1.85. The number of thioether (sulfide) groups is 1. The Kier molecular flexibility index (Phi) is 5.20. The van der Waals surface area contributed by atoms with Crippen LogP contribution in [0, 0.1) is 0 Å². The maximum absolute atomic E-state index is 11.2. The Morgan fingerprint density at radius 2 is 2.22 bits per heavy atom. The summed E-state index contributed by atoms with van der Waals surface area (Å²) in [7, 11) is 0. The van der Waals surface area contributed by atoms with Gasteiger partial charge in [0.05, 0.1) is 18.0 Å². The van der Waals surface area contributed by atoms with E-state index in [1.807, 2.05) is 18.2 Å². The van der Waals surface area contributed by atoms with Crippen molar-refractivity contribution >= 4 is 35.0 Å². The highest BCUT2D eigenvalue weighted by Crippen LogP contribution is 2.34. The molecule has 3 nitrogen and oxygen atoms in total. The molecular formula is C13H16ClNO2S. The molecule has 1 aromatic carbocycles. The van der Waals surface area contributed by atoms with E-state index in [9.17, 15) is 4.79 Å². The molecule has 0 aliphatic carbocycles. The van der Waals surface area contributed by atoms with Gasteiger partial charge in [0, 0.05) is 10.8 Å². The molecule has 1 N–H and O–H groups in total. The number of ether oxygens (including phenoxy) is 1. The van der Waals surface area contributed by atoms with E-state index in [1.54, 1.807) is 11.8 Å². The van der Waals surface area contributed by atoms with Crippen molar-refractivity contribution in [3.8, 4) is 5.75 Å². The number of hydrogen-bond acceptors (Lipinski definition) is 3. The van der Waals surface area contributed by atoms with Crippen molar-refractivity contribution in [1.29, 1.82) is 0 Å². The second kappa shape index (κ2) is 6.90. The molecule has 0 unspecified atom stereocenters. The van der Waals surface area contributed by atoms with Gasteiger partial charge in [-0.2, -0.15) is 0 Å². The van der Waals surface area contributed by atoms with Gasteiger partial charge in [-0.15, -0.1) is 23.4 Å². The minimum atomic E-state index is 0.0576. The summed E-state index contributed by atoms with van der Waals surface area (Å²) in [4.78, 5) is 12.3. The average Bonchev–Trinajstić information content (AvgIpc) is 2.38. The SMILES string of the molecule is O=C1CSc2cc(OCCCCCCl)ccc2N1. The minimum absolute atomic E-state index is 0.0576. The topological polar surface area (TPSA) is 38.3 Å². The molecule has 5 heteroatoms. The predicted octanol–water partition coefficient (Wildman–Crippen LogP) is 3.52. The van der Waals surface area contributed by atoms with Gasteiger partial charge in [-0.3, -0.25) is 4.79 Å². The molecule has 1 aliphatic rings. The largest absolute Gasteiger partial charge is 0.494 e. The number of halogens is 1. The fourth-order valence-corrected chi connectivity index (χ4v) is 2.73. The van der Waals surface area contributed by atoms with Crippen LogP contribution < -0.4 is 10.1 Å². The number of unbranched alkanes of at least 4 members (excludes halogenated alkanes) is 2. The van der Waals surface area contributed by atoms with Gasteiger partial charge < -0.3 is 10.1 Å². The van der Waals surface area contributed by atoms with Crippen molar-refractivity contribution < 1.29 is 9.53 Å². The number of hydrogen-bond donors (Lipinski definition) is 1. The van der Waals surface area contributed by atoms with Gasteiger partial charge in [-0.1, -0.05) is 0 Å². The van der Waals surface area contributed by atoms with Gasteiger partial charge in [0.2, 0.25) is 5.91 Å². The summed E-state index contributed by atoms with van der Waals surface area (Å²) >= 11 is 7.16. The van der Waals surface area contributed by atoms with E-state index in [4.69, 9.17) is 16.3 Å². The molecule has 0 aromatic heterocycles. The number of carbonyl (C=O) groups is 1. The molecule has 1 amide bonds. The Bertz CT molecular complexity index is 425. The van der Waals surface area contributed by atoms with Crippen LogP contribution in [0.5, 0.6) is 5.75 Å². The lowest BCUT2D eigenvalue weighted by Gasteiger charge is -2.17. The zero-order valence-electron chi connectivity index (χ0n) is 10.1. The number of alkyl halides is 1. The summed E-state index contributed by atoms with van der Waals surface area (Å²) in [6.45, 7) is 0.715. The lowest BCUT2D eigenvalue weighted by Crippen LogP contribution is -2.18. The van der Waals surface area contributed by atoms with E-state index in [0.717, 1.165) is 41.5 Å². The first-order valence-corrected chi connectivity index (χ1v) is 7.57. The predicted molar refractivity (Wildman–Crippen MR) is 75.9 cm³/mol. The molecule has 98 valence electrons. The number of benzene rings is 1. The number of carbonyl (C=O) groups excluding carboxylic acids is 1. The molecular weight excluding hydrogens is 270 g/mol. The van der Waals surface area contributed by atoms with Crippen molar-refractivity contribution in [1.82, 2.24) is 0 Å². The summed E-state index contributed by atoms with van der Waals surface area (Å²) in [5.74, 6) is 2.12. The Hall–Kier alpha value is -0.870. The highest BCUT2D eigenvalue weighted by Gasteiger charge is 2.15. The van der Waals surface area contributed by atoms with Gasteiger partial charge in [-0.25, -0.2) is 0 Å². The summed E-state index contributed by atoms with van der Waals surface area (Å²) in [5.41, 5.74) is 0.880. The summed E-state index contributed by atoms with van der Waals surface area (Å²) in [6, 6.07) is 5.78. The number of amides is 1. The Morgan fingerprint density at radius 1 is 1.33 bits per heavy atom. The van der Waals surface area contributed by atoms with Crippen LogP contribution in [0.25, 0.3) is 0 Å². The average molecular weight is 286 g/mol.